The molecule has 0 N–H and O–H groups in total. The van der Waals surface area contributed by atoms with Crippen LogP contribution >= 0.6 is 23.8 Å². The largest absolute Gasteiger partial charge is 0.457 e. The van der Waals surface area contributed by atoms with Crippen molar-refractivity contribution >= 4 is 28.8 Å². The fourth-order valence-electron chi connectivity index (χ4n) is 1.10. The summed E-state index contributed by atoms with van der Waals surface area (Å²) in [6, 6.07) is 7.24. The van der Waals surface area contributed by atoms with Crippen molar-refractivity contribution in [3.63, 3.8) is 0 Å². The van der Waals surface area contributed by atoms with Crippen LogP contribution in [0.1, 0.15) is 5.76 Å². The van der Waals surface area contributed by atoms with E-state index >= 15 is 0 Å². The minimum Gasteiger partial charge on any atom is -0.457 e. The molecule has 0 bridgehead atoms. The van der Waals surface area contributed by atoms with E-state index in [1.54, 1.807) is 29.2 Å². The van der Waals surface area contributed by atoms with Gasteiger partial charge in [-0.3, -0.25) is 0 Å². The van der Waals surface area contributed by atoms with Gasteiger partial charge in [0.25, 0.3) is 0 Å². The summed E-state index contributed by atoms with van der Waals surface area (Å²) in [5.41, 5.74) is 0. The number of furan rings is 1. The second kappa shape index (κ2) is 3.90. The molecular formula is C10H7ClNOS+. The van der Waals surface area contributed by atoms with Crippen molar-refractivity contribution in [1.82, 2.24) is 0 Å². The molecule has 0 aliphatic carbocycles. The third-order valence-electron chi connectivity index (χ3n) is 1.73. The van der Waals surface area contributed by atoms with Crippen molar-refractivity contribution in [2.75, 3.05) is 0 Å². The van der Waals surface area contributed by atoms with Crippen LogP contribution in [0.5, 0.6) is 0 Å². The fourth-order valence-corrected chi connectivity index (χ4v) is 1.51. The number of aromatic nitrogens is 1. The molecule has 0 unspecified atom stereocenters. The lowest BCUT2D eigenvalue weighted by molar-refractivity contribution is -0.551. The van der Waals surface area contributed by atoms with Crippen LogP contribution in [0, 0.1) is 0 Å². The molecule has 2 nitrogen and oxygen atoms in total. The number of rotatable bonds is 1. The van der Waals surface area contributed by atoms with Crippen LogP contribution in [-0.2, 0) is 0 Å². The van der Waals surface area contributed by atoms with Crippen LogP contribution in [0.4, 0.5) is 0 Å². The number of hydrogen-bond acceptors (Lipinski definition) is 2. The fraction of sp³-hybridized carbons (Fsp3) is 0. The van der Waals surface area contributed by atoms with E-state index in [1.165, 1.54) is 0 Å². The first-order chi connectivity index (χ1) is 6.77. The molecule has 2 heterocycles. The molecule has 0 saturated heterocycles. The number of pyridine rings is 1. The summed E-state index contributed by atoms with van der Waals surface area (Å²) in [6.45, 7) is 0. The Kier molecular flexibility index (Phi) is 2.61. The monoisotopic (exact) mass is 224 g/mol. The minimum absolute atomic E-state index is 0.595. The van der Waals surface area contributed by atoms with Crippen LogP contribution in [0.2, 0.25) is 5.02 Å². The summed E-state index contributed by atoms with van der Waals surface area (Å²) >= 11 is 11.1. The van der Waals surface area contributed by atoms with Crippen molar-refractivity contribution < 1.29 is 8.98 Å². The molecule has 0 aromatic carbocycles. The Hall–Kier alpha value is -1.19. The van der Waals surface area contributed by atoms with Crippen LogP contribution in [-0.4, -0.2) is 4.99 Å². The summed E-state index contributed by atoms with van der Waals surface area (Å²) in [7, 11) is 0. The third kappa shape index (κ3) is 1.84. The lowest BCUT2D eigenvalue weighted by Gasteiger charge is -1.93. The Balaban J connectivity index is 2.37. The smallest absolute Gasteiger partial charge is 0.320 e. The average Bonchev–Trinajstić information content (AvgIpc) is 2.69. The van der Waals surface area contributed by atoms with Gasteiger partial charge in [-0.1, -0.05) is 11.6 Å². The molecule has 0 aliphatic heterocycles. The Morgan fingerprint density at radius 2 is 2.21 bits per heavy atom. The van der Waals surface area contributed by atoms with E-state index in [0.717, 1.165) is 0 Å². The summed E-state index contributed by atoms with van der Waals surface area (Å²) < 4.78 is 6.93. The van der Waals surface area contributed by atoms with Crippen molar-refractivity contribution in [3.05, 3.63) is 53.7 Å². The molecule has 0 fully saturated rings. The van der Waals surface area contributed by atoms with E-state index < -0.39 is 0 Å². The molecule has 0 aliphatic rings. The highest BCUT2D eigenvalue weighted by Gasteiger charge is 2.14. The molecule has 0 atom stereocenters. The molecule has 0 spiro atoms. The predicted octanol–water partition coefficient (Wildman–Crippen LogP) is 2.44. The second-order valence-corrected chi connectivity index (χ2v) is 3.54. The maximum Gasteiger partial charge on any atom is 0.320 e. The van der Waals surface area contributed by atoms with Gasteiger partial charge in [0.05, 0.1) is 6.26 Å². The third-order valence-corrected chi connectivity index (χ3v) is 2.37. The van der Waals surface area contributed by atoms with Crippen LogP contribution in [0.3, 0.4) is 0 Å². The molecule has 70 valence electrons. The molecule has 2 aromatic rings. The molecule has 14 heavy (non-hydrogen) atoms. The molecular weight excluding hydrogens is 218 g/mol. The molecule has 4 heteroatoms. The van der Waals surface area contributed by atoms with E-state index in [2.05, 4.69) is 0 Å². The normalized spacial score (nSPS) is 10.1. The van der Waals surface area contributed by atoms with Gasteiger partial charge in [0, 0.05) is 6.07 Å². The molecule has 2 rings (SSSR count). The van der Waals surface area contributed by atoms with E-state index in [1.807, 2.05) is 18.3 Å². The zero-order chi connectivity index (χ0) is 9.97. The zero-order valence-corrected chi connectivity index (χ0v) is 8.76. The zero-order valence-electron chi connectivity index (χ0n) is 7.18. The van der Waals surface area contributed by atoms with Crippen molar-refractivity contribution in [3.8, 4) is 0 Å². The molecule has 0 radical (unpaired) electrons. The quantitative estimate of drug-likeness (QED) is 0.547. The van der Waals surface area contributed by atoms with Gasteiger partial charge in [-0.15, -0.1) is 0 Å². The van der Waals surface area contributed by atoms with Crippen molar-refractivity contribution in [2.24, 2.45) is 0 Å². The maximum atomic E-state index is 5.84. The van der Waals surface area contributed by atoms with Crippen LogP contribution in [0.15, 0.2) is 47.3 Å². The summed E-state index contributed by atoms with van der Waals surface area (Å²) in [5, 5.41) is 0.640. The molecule has 0 amide bonds. The standard InChI is InChI=1S/C10H7ClNOS/c11-8-3-1-5-12(7-8)10(14)9-4-2-6-13-9/h1-7H/q+1. The van der Waals surface area contributed by atoms with Crippen LogP contribution in [0.25, 0.3) is 0 Å². The molecule has 0 saturated carbocycles. The van der Waals surface area contributed by atoms with Crippen molar-refractivity contribution in [2.45, 2.75) is 0 Å². The van der Waals surface area contributed by atoms with Gasteiger partial charge in [0.2, 0.25) is 5.76 Å². The van der Waals surface area contributed by atoms with E-state index in [9.17, 15) is 0 Å². The van der Waals surface area contributed by atoms with Gasteiger partial charge >= 0.3 is 4.99 Å². The second-order valence-electron chi connectivity index (χ2n) is 2.71. The summed E-state index contributed by atoms with van der Waals surface area (Å²) in [5.74, 6) is 0.660. The van der Waals surface area contributed by atoms with Gasteiger partial charge in [0.15, 0.2) is 12.4 Å². The summed E-state index contributed by atoms with van der Waals surface area (Å²) in [6.07, 6.45) is 5.16. The van der Waals surface area contributed by atoms with Crippen LogP contribution < -0.4 is 4.57 Å². The lowest BCUT2D eigenvalue weighted by atomic mass is 10.4. The highest BCUT2D eigenvalue weighted by molar-refractivity contribution is 7.80. The van der Waals surface area contributed by atoms with Gasteiger partial charge < -0.3 is 4.42 Å². The van der Waals surface area contributed by atoms with E-state index in [-0.39, 0.29) is 0 Å². The Morgan fingerprint density at radius 1 is 1.36 bits per heavy atom. The average molecular weight is 225 g/mol. The van der Waals surface area contributed by atoms with Gasteiger partial charge in [-0.05, 0) is 30.4 Å². The Labute approximate surface area is 91.7 Å². The topological polar surface area (TPSA) is 17.0 Å². The Morgan fingerprint density at radius 3 is 2.86 bits per heavy atom. The van der Waals surface area contributed by atoms with Gasteiger partial charge in [-0.25, -0.2) is 0 Å². The van der Waals surface area contributed by atoms with E-state index in [0.29, 0.717) is 15.8 Å². The predicted molar refractivity (Wildman–Crippen MR) is 57.5 cm³/mol. The number of thiocarbonyl (C=S) groups is 1. The first-order valence-electron chi connectivity index (χ1n) is 4.02. The Bertz CT molecular complexity index is 453. The lowest BCUT2D eigenvalue weighted by Crippen LogP contribution is -2.41. The summed E-state index contributed by atoms with van der Waals surface area (Å²) in [4.78, 5) is 0.595. The number of halogens is 1. The SMILES string of the molecule is S=C(c1ccco1)[n+]1cccc(Cl)c1. The first kappa shape index (κ1) is 9.37. The van der Waals surface area contributed by atoms with E-state index in [4.69, 9.17) is 28.2 Å². The van der Waals surface area contributed by atoms with Gasteiger partial charge in [-0.2, -0.15) is 4.57 Å². The van der Waals surface area contributed by atoms with Crippen molar-refractivity contribution in [1.29, 1.82) is 0 Å². The molecule has 2 aromatic heterocycles. The first-order valence-corrected chi connectivity index (χ1v) is 4.81. The van der Waals surface area contributed by atoms with Gasteiger partial charge in [0.1, 0.15) is 5.02 Å². The maximum absolute atomic E-state index is 5.84. The highest BCUT2D eigenvalue weighted by Crippen LogP contribution is 2.04. The number of nitrogens with zero attached hydrogens (tertiary/aromatic N) is 1. The number of hydrogen-bond donors (Lipinski definition) is 0. The highest BCUT2D eigenvalue weighted by atomic mass is 35.5. The minimum atomic E-state index is 0.595.